The quantitative estimate of drug-likeness (QED) is 0.381. The molecule has 0 spiro atoms. The Kier molecular flexibility index (Phi) is 8.20. The van der Waals surface area contributed by atoms with Crippen LogP contribution in [0.2, 0.25) is 0 Å². The molecule has 45 heavy (non-hydrogen) atoms. The van der Waals surface area contributed by atoms with Crippen molar-refractivity contribution < 1.29 is 29.0 Å². The summed E-state index contributed by atoms with van der Waals surface area (Å²) in [5.74, 6) is 0.560. The molecular weight excluding hydrogens is 611 g/mol. The monoisotopic (exact) mass is 643 g/mol. The third kappa shape index (κ3) is 5.40. The molecule has 1 amide bonds. The number of carbonyl (C=O) groups excluding carboxylic acids is 3. The summed E-state index contributed by atoms with van der Waals surface area (Å²) in [4.78, 5) is 42.0. The maximum atomic E-state index is 14.9. The maximum Gasteiger partial charge on any atom is 0.255 e. The van der Waals surface area contributed by atoms with Crippen molar-refractivity contribution in [3.63, 3.8) is 0 Å². The number of ether oxygens (including phenoxy) is 2. The fraction of sp³-hybridized carbons (Fsp3) is 0.353. The summed E-state index contributed by atoms with van der Waals surface area (Å²) in [6, 6.07) is 25.3. The second kappa shape index (κ2) is 11.8. The van der Waals surface area contributed by atoms with E-state index in [1.54, 1.807) is 39.1 Å². The lowest BCUT2D eigenvalue weighted by Crippen LogP contribution is -2.73. The molecule has 0 aliphatic carbocycles. The van der Waals surface area contributed by atoms with Crippen LogP contribution < -0.4 is 9.47 Å². The number of aliphatic hydroxyl groups is 1. The van der Waals surface area contributed by atoms with E-state index in [0.29, 0.717) is 17.1 Å². The van der Waals surface area contributed by atoms with Crippen LogP contribution in [0, 0.1) is 16.7 Å². The SMILES string of the molecule is CN1C(O)[C@@]2(SC(=O)Cc3ccccc3)C[C@](C)(C#N)C(c3ccc4c(c3)OCO4)N2C(=O)[C@]1(C)SC(=O)Cc1ccccc1. The van der Waals surface area contributed by atoms with Crippen LogP contribution >= 0.6 is 23.5 Å². The van der Waals surface area contributed by atoms with Crippen molar-refractivity contribution in [2.75, 3.05) is 13.8 Å². The van der Waals surface area contributed by atoms with Crippen molar-refractivity contribution in [2.24, 2.45) is 5.41 Å². The largest absolute Gasteiger partial charge is 0.454 e. The lowest BCUT2D eigenvalue weighted by Gasteiger charge is -2.56. The number of amides is 1. The Morgan fingerprint density at radius 2 is 1.51 bits per heavy atom. The van der Waals surface area contributed by atoms with Crippen LogP contribution in [-0.4, -0.2) is 60.9 Å². The van der Waals surface area contributed by atoms with Crippen molar-refractivity contribution >= 4 is 39.7 Å². The number of likely N-dealkylation sites (N-methyl/N-ethyl adjacent to an activating group) is 1. The summed E-state index contributed by atoms with van der Waals surface area (Å²) in [5, 5.41) is 22.4. The van der Waals surface area contributed by atoms with Gasteiger partial charge in [-0.05, 0) is 49.7 Å². The summed E-state index contributed by atoms with van der Waals surface area (Å²) in [6.45, 7) is 3.41. The fourth-order valence-electron chi connectivity index (χ4n) is 6.60. The van der Waals surface area contributed by atoms with Gasteiger partial charge in [-0.25, -0.2) is 0 Å². The van der Waals surface area contributed by atoms with E-state index in [9.17, 15) is 24.8 Å². The van der Waals surface area contributed by atoms with E-state index in [2.05, 4.69) is 6.07 Å². The molecule has 3 aliphatic heterocycles. The van der Waals surface area contributed by atoms with Gasteiger partial charge in [-0.15, -0.1) is 0 Å². The minimum Gasteiger partial charge on any atom is -0.454 e. The molecule has 2 unspecified atom stereocenters. The zero-order chi connectivity index (χ0) is 32.0. The minimum atomic E-state index is -1.53. The second-order valence-corrected chi connectivity index (χ2v) is 14.8. The molecule has 1 N–H and O–H groups in total. The number of fused-ring (bicyclic) bond motifs is 2. The highest BCUT2D eigenvalue weighted by atomic mass is 32.2. The van der Waals surface area contributed by atoms with Crippen molar-refractivity contribution in [3.8, 4) is 17.6 Å². The maximum absolute atomic E-state index is 14.9. The van der Waals surface area contributed by atoms with E-state index >= 15 is 0 Å². The average Bonchev–Trinajstić information content (AvgIpc) is 3.60. The lowest BCUT2D eigenvalue weighted by atomic mass is 9.79. The molecule has 232 valence electrons. The minimum absolute atomic E-state index is 0.0107. The van der Waals surface area contributed by atoms with Gasteiger partial charge in [-0.1, -0.05) is 90.3 Å². The van der Waals surface area contributed by atoms with Gasteiger partial charge in [-0.3, -0.25) is 19.3 Å². The molecule has 3 aromatic carbocycles. The first-order chi connectivity index (χ1) is 21.5. The number of hydrogen-bond donors (Lipinski definition) is 1. The summed E-state index contributed by atoms with van der Waals surface area (Å²) in [5.41, 5.74) is 0.991. The molecule has 0 aromatic heterocycles. The van der Waals surface area contributed by atoms with Gasteiger partial charge < -0.3 is 19.5 Å². The first-order valence-corrected chi connectivity index (χ1v) is 16.2. The number of aliphatic hydroxyl groups excluding tert-OH is 1. The highest BCUT2D eigenvalue weighted by molar-refractivity contribution is 8.15. The van der Waals surface area contributed by atoms with E-state index < -0.39 is 33.3 Å². The van der Waals surface area contributed by atoms with Crippen LogP contribution in [0.4, 0.5) is 0 Å². The van der Waals surface area contributed by atoms with Gasteiger partial charge in [0.05, 0.1) is 17.5 Å². The van der Waals surface area contributed by atoms with Crippen molar-refractivity contribution in [2.45, 2.75) is 55.1 Å². The normalized spacial score (nSPS) is 28.9. The standard InChI is InChI=1S/C34H33N3O6S2/c1-32(20-35)19-34(45-28(39)17-23-12-8-5-9-13-23)31(41)36(3)33(2,44-27(38)16-22-10-6-4-7-11-22)30(40)37(34)29(32)24-14-15-25-26(18-24)43-21-42-25/h4-15,18,29,31,41H,16-17,19,21H2,1-3H3/t29?,31?,32-,33+,34+/m1/s1. The predicted octanol–water partition coefficient (Wildman–Crippen LogP) is 4.90. The van der Waals surface area contributed by atoms with Crippen LogP contribution in [0.1, 0.15) is 43.0 Å². The summed E-state index contributed by atoms with van der Waals surface area (Å²) in [7, 11) is 1.59. The molecule has 5 atom stereocenters. The Morgan fingerprint density at radius 3 is 2.11 bits per heavy atom. The highest BCUT2D eigenvalue weighted by Crippen LogP contribution is 2.64. The fourth-order valence-corrected chi connectivity index (χ4v) is 9.26. The number of carbonyl (C=O) groups is 3. The lowest BCUT2D eigenvalue weighted by molar-refractivity contribution is -0.173. The van der Waals surface area contributed by atoms with Crippen LogP contribution in [0.3, 0.4) is 0 Å². The summed E-state index contributed by atoms with van der Waals surface area (Å²) < 4.78 is 11.1. The first-order valence-electron chi connectivity index (χ1n) is 14.6. The second-order valence-electron chi connectivity index (χ2n) is 12.0. The van der Waals surface area contributed by atoms with Crippen molar-refractivity contribution in [1.82, 2.24) is 9.80 Å². The van der Waals surface area contributed by atoms with E-state index in [-0.39, 0.29) is 36.3 Å². The number of benzene rings is 3. The Bertz CT molecular complexity index is 1680. The molecule has 3 heterocycles. The van der Waals surface area contributed by atoms with Gasteiger partial charge in [0.25, 0.3) is 5.91 Å². The van der Waals surface area contributed by atoms with Gasteiger partial charge in [-0.2, -0.15) is 5.26 Å². The molecule has 0 radical (unpaired) electrons. The highest BCUT2D eigenvalue weighted by Gasteiger charge is 2.71. The molecule has 6 rings (SSSR count). The van der Waals surface area contributed by atoms with Crippen LogP contribution in [-0.2, 0) is 27.2 Å². The van der Waals surface area contributed by atoms with Gasteiger partial charge in [0.15, 0.2) is 26.6 Å². The summed E-state index contributed by atoms with van der Waals surface area (Å²) in [6.07, 6.45) is -1.22. The van der Waals surface area contributed by atoms with Crippen molar-refractivity contribution in [3.05, 3.63) is 95.6 Å². The summed E-state index contributed by atoms with van der Waals surface area (Å²) >= 11 is 1.73. The number of nitrogens with zero attached hydrogens (tertiary/aromatic N) is 3. The number of hydrogen-bond acceptors (Lipinski definition) is 10. The average molecular weight is 644 g/mol. The third-order valence-corrected chi connectivity index (χ3v) is 11.4. The molecule has 2 saturated heterocycles. The van der Waals surface area contributed by atoms with Gasteiger partial charge in [0.2, 0.25) is 6.79 Å². The van der Waals surface area contributed by atoms with Crippen LogP contribution in [0.5, 0.6) is 11.5 Å². The Morgan fingerprint density at radius 1 is 0.933 bits per heavy atom. The number of rotatable bonds is 7. The predicted molar refractivity (Wildman–Crippen MR) is 171 cm³/mol. The molecule has 0 saturated carbocycles. The van der Waals surface area contributed by atoms with Gasteiger partial charge >= 0.3 is 0 Å². The van der Waals surface area contributed by atoms with Crippen LogP contribution in [0.25, 0.3) is 0 Å². The number of piperazine rings is 1. The zero-order valence-corrected chi connectivity index (χ0v) is 26.8. The van der Waals surface area contributed by atoms with E-state index in [1.165, 1.54) is 9.80 Å². The van der Waals surface area contributed by atoms with Crippen LogP contribution in [0.15, 0.2) is 78.9 Å². The molecule has 9 nitrogen and oxygen atoms in total. The molecule has 2 fully saturated rings. The van der Waals surface area contributed by atoms with E-state index in [4.69, 9.17) is 9.47 Å². The van der Waals surface area contributed by atoms with E-state index in [1.807, 2.05) is 60.7 Å². The van der Waals surface area contributed by atoms with Crippen molar-refractivity contribution in [1.29, 1.82) is 5.26 Å². The first kappa shape index (κ1) is 31.2. The smallest absolute Gasteiger partial charge is 0.255 e. The molecule has 11 heteroatoms. The topological polar surface area (TPSA) is 120 Å². The molecule has 0 bridgehead atoms. The van der Waals surface area contributed by atoms with Gasteiger partial charge in [0.1, 0.15) is 11.1 Å². The third-order valence-electron chi connectivity index (χ3n) is 8.90. The number of nitriles is 1. The Labute approximate surface area is 270 Å². The Hall–Kier alpha value is -3.82. The van der Waals surface area contributed by atoms with E-state index in [0.717, 1.165) is 34.7 Å². The zero-order valence-electron chi connectivity index (χ0n) is 25.1. The molecular formula is C34H33N3O6S2. The molecule has 3 aromatic rings. The van der Waals surface area contributed by atoms with Gasteiger partial charge in [0, 0.05) is 19.3 Å². The number of thioether (sulfide) groups is 2. The molecule has 3 aliphatic rings. The Balaban J connectivity index is 1.43.